The molecule has 2 rings (SSSR count). The summed E-state index contributed by atoms with van der Waals surface area (Å²) in [6, 6.07) is 15.9. The van der Waals surface area contributed by atoms with Gasteiger partial charge in [-0.15, -0.1) is 0 Å². The average molecular weight is 319 g/mol. The average Bonchev–Trinajstić information content (AvgIpc) is 2.48. The van der Waals surface area contributed by atoms with Crippen LogP contribution < -0.4 is 4.90 Å². The van der Waals surface area contributed by atoms with Crippen molar-refractivity contribution in [3.63, 3.8) is 0 Å². The summed E-state index contributed by atoms with van der Waals surface area (Å²) in [6.45, 7) is 0. The SMILES string of the molecule is CN(C)c1ccc(CC(C#N)c2ccc(Cl)c(Cl)c2)cc1. The lowest BCUT2D eigenvalue weighted by atomic mass is 9.93. The Hall–Kier alpha value is -1.69. The zero-order valence-corrected chi connectivity index (χ0v) is 13.5. The van der Waals surface area contributed by atoms with Crippen molar-refractivity contribution in [2.24, 2.45) is 0 Å². The maximum absolute atomic E-state index is 9.41. The Morgan fingerprint density at radius 2 is 1.71 bits per heavy atom. The van der Waals surface area contributed by atoms with E-state index >= 15 is 0 Å². The summed E-state index contributed by atoms with van der Waals surface area (Å²) in [5.74, 6) is -0.232. The molecule has 0 aliphatic carbocycles. The number of rotatable bonds is 4. The number of halogens is 2. The lowest BCUT2D eigenvalue weighted by molar-refractivity contribution is 0.849. The van der Waals surface area contributed by atoms with Crippen LogP contribution in [-0.2, 0) is 6.42 Å². The highest BCUT2D eigenvalue weighted by Crippen LogP contribution is 2.28. The molecule has 0 aromatic heterocycles. The van der Waals surface area contributed by atoms with Gasteiger partial charge in [-0.05, 0) is 41.8 Å². The topological polar surface area (TPSA) is 27.0 Å². The van der Waals surface area contributed by atoms with Crippen molar-refractivity contribution in [3.8, 4) is 6.07 Å². The Morgan fingerprint density at radius 3 is 2.24 bits per heavy atom. The summed E-state index contributed by atoms with van der Waals surface area (Å²) in [5.41, 5.74) is 3.16. The molecule has 0 heterocycles. The molecule has 0 bridgehead atoms. The molecular formula is C17H16Cl2N2. The highest BCUT2D eigenvalue weighted by atomic mass is 35.5. The molecule has 0 amide bonds. The van der Waals surface area contributed by atoms with E-state index in [9.17, 15) is 5.26 Å². The van der Waals surface area contributed by atoms with Crippen molar-refractivity contribution in [2.75, 3.05) is 19.0 Å². The Morgan fingerprint density at radius 1 is 1.05 bits per heavy atom. The first kappa shape index (κ1) is 15.7. The minimum atomic E-state index is -0.232. The van der Waals surface area contributed by atoms with Crippen LogP contribution in [0, 0.1) is 11.3 Å². The van der Waals surface area contributed by atoms with E-state index in [1.165, 1.54) is 0 Å². The number of anilines is 1. The summed E-state index contributed by atoms with van der Waals surface area (Å²) in [4.78, 5) is 2.05. The molecule has 108 valence electrons. The van der Waals surface area contributed by atoms with Gasteiger partial charge >= 0.3 is 0 Å². The van der Waals surface area contributed by atoms with Crippen molar-refractivity contribution in [1.29, 1.82) is 5.26 Å². The number of benzene rings is 2. The molecule has 0 N–H and O–H groups in total. The molecule has 2 aromatic rings. The Bertz CT molecular complexity index is 657. The third kappa shape index (κ3) is 3.91. The van der Waals surface area contributed by atoms with Gasteiger partial charge in [0.25, 0.3) is 0 Å². The molecule has 2 nitrogen and oxygen atoms in total. The zero-order valence-electron chi connectivity index (χ0n) is 12.0. The molecule has 0 saturated carbocycles. The minimum Gasteiger partial charge on any atom is -0.378 e. The third-order valence-electron chi connectivity index (χ3n) is 3.39. The van der Waals surface area contributed by atoms with Gasteiger partial charge in [0.05, 0.1) is 22.0 Å². The fourth-order valence-corrected chi connectivity index (χ4v) is 2.44. The van der Waals surface area contributed by atoms with Crippen LogP contribution >= 0.6 is 23.2 Å². The van der Waals surface area contributed by atoms with E-state index in [1.807, 2.05) is 25.1 Å². The maximum Gasteiger partial charge on any atom is 0.0753 e. The Balaban J connectivity index is 2.19. The molecule has 0 fully saturated rings. The van der Waals surface area contributed by atoms with E-state index in [0.29, 0.717) is 16.5 Å². The summed E-state index contributed by atoms with van der Waals surface area (Å²) >= 11 is 11.9. The lowest BCUT2D eigenvalue weighted by Crippen LogP contribution is -2.08. The van der Waals surface area contributed by atoms with Crippen molar-refractivity contribution < 1.29 is 0 Å². The molecule has 0 radical (unpaired) electrons. The van der Waals surface area contributed by atoms with E-state index in [0.717, 1.165) is 16.8 Å². The van der Waals surface area contributed by atoms with Crippen LogP contribution in [0.2, 0.25) is 10.0 Å². The summed E-state index contributed by atoms with van der Waals surface area (Å²) < 4.78 is 0. The van der Waals surface area contributed by atoms with Gasteiger partial charge in [0.1, 0.15) is 0 Å². The standard InChI is InChI=1S/C17H16Cl2N2/c1-21(2)15-6-3-12(4-7-15)9-14(11-20)13-5-8-16(18)17(19)10-13/h3-8,10,14H,9H2,1-2H3. The van der Waals surface area contributed by atoms with Gasteiger partial charge < -0.3 is 4.90 Å². The van der Waals surface area contributed by atoms with Gasteiger partial charge in [-0.1, -0.05) is 41.4 Å². The number of hydrogen-bond donors (Lipinski definition) is 0. The first-order chi connectivity index (χ1) is 10.0. The van der Waals surface area contributed by atoms with E-state index in [1.54, 1.807) is 12.1 Å². The number of nitrogens with zero attached hydrogens (tertiary/aromatic N) is 2. The van der Waals surface area contributed by atoms with Crippen LogP contribution in [0.4, 0.5) is 5.69 Å². The highest BCUT2D eigenvalue weighted by Gasteiger charge is 2.13. The van der Waals surface area contributed by atoms with Crippen molar-refractivity contribution in [2.45, 2.75) is 12.3 Å². The van der Waals surface area contributed by atoms with Crippen LogP contribution in [0.25, 0.3) is 0 Å². The fraction of sp³-hybridized carbons (Fsp3) is 0.235. The van der Waals surface area contributed by atoms with Crippen LogP contribution in [0.15, 0.2) is 42.5 Å². The number of nitriles is 1. The summed E-state index contributed by atoms with van der Waals surface area (Å²) in [7, 11) is 4.01. The second-order valence-electron chi connectivity index (χ2n) is 5.12. The monoisotopic (exact) mass is 318 g/mol. The largest absolute Gasteiger partial charge is 0.378 e. The van der Waals surface area contributed by atoms with Gasteiger partial charge in [-0.25, -0.2) is 0 Å². The molecule has 1 unspecified atom stereocenters. The number of hydrogen-bond acceptors (Lipinski definition) is 2. The Labute approximate surface area is 135 Å². The van der Waals surface area contributed by atoms with Crippen molar-refractivity contribution in [1.82, 2.24) is 0 Å². The quantitative estimate of drug-likeness (QED) is 0.800. The highest BCUT2D eigenvalue weighted by molar-refractivity contribution is 6.42. The van der Waals surface area contributed by atoms with Gasteiger partial charge in [0, 0.05) is 19.8 Å². The molecule has 0 aliphatic heterocycles. The zero-order chi connectivity index (χ0) is 15.4. The minimum absolute atomic E-state index is 0.232. The van der Waals surface area contributed by atoms with Crippen LogP contribution in [-0.4, -0.2) is 14.1 Å². The van der Waals surface area contributed by atoms with Crippen LogP contribution in [0.5, 0.6) is 0 Å². The lowest BCUT2D eigenvalue weighted by Gasteiger charge is -2.14. The second-order valence-corrected chi connectivity index (χ2v) is 5.93. The molecule has 2 aromatic carbocycles. The molecular weight excluding hydrogens is 303 g/mol. The molecule has 0 aliphatic rings. The van der Waals surface area contributed by atoms with Gasteiger partial charge in [0.15, 0.2) is 0 Å². The normalized spacial score (nSPS) is 11.8. The summed E-state index contributed by atoms with van der Waals surface area (Å²) in [5, 5.41) is 10.4. The van der Waals surface area contributed by atoms with Gasteiger partial charge in [0.2, 0.25) is 0 Å². The van der Waals surface area contributed by atoms with Gasteiger partial charge in [-0.2, -0.15) is 5.26 Å². The van der Waals surface area contributed by atoms with Crippen molar-refractivity contribution >= 4 is 28.9 Å². The second kappa shape index (κ2) is 6.85. The molecule has 4 heteroatoms. The summed E-state index contributed by atoms with van der Waals surface area (Å²) in [6.07, 6.45) is 0.655. The van der Waals surface area contributed by atoms with E-state index in [2.05, 4.69) is 30.3 Å². The van der Waals surface area contributed by atoms with Crippen molar-refractivity contribution in [3.05, 3.63) is 63.6 Å². The fourth-order valence-electron chi connectivity index (χ4n) is 2.13. The predicted octanol–water partition coefficient (Wildman–Crippen LogP) is 4.91. The molecule has 0 saturated heterocycles. The van der Waals surface area contributed by atoms with E-state index < -0.39 is 0 Å². The maximum atomic E-state index is 9.41. The third-order valence-corrected chi connectivity index (χ3v) is 4.13. The predicted molar refractivity (Wildman–Crippen MR) is 89.3 cm³/mol. The van der Waals surface area contributed by atoms with Crippen LogP contribution in [0.1, 0.15) is 17.0 Å². The smallest absolute Gasteiger partial charge is 0.0753 e. The molecule has 0 spiro atoms. The first-order valence-electron chi connectivity index (χ1n) is 6.62. The first-order valence-corrected chi connectivity index (χ1v) is 7.37. The van der Waals surface area contributed by atoms with Gasteiger partial charge in [-0.3, -0.25) is 0 Å². The molecule has 1 atom stereocenters. The Kier molecular flexibility index (Phi) is 5.12. The van der Waals surface area contributed by atoms with E-state index in [4.69, 9.17) is 23.2 Å². The van der Waals surface area contributed by atoms with Crippen LogP contribution in [0.3, 0.4) is 0 Å². The van der Waals surface area contributed by atoms with E-state index in [-0.39, 0.29) is 5.92 Å². The molecule has 21 heavy (non-hydrogen) atoms.